The lowest BCUT2D eigenvalue weighted by molar-refractivity contribution is -0.350. The van der Waals surface area contributed by atoms with Gasteiger partial charge >= 0.3 is 0 Å². The third-order valence-electron chi connectivity index (χ3n) is 7.44. The highest BCUT2D eigenvalue weighted by atomic mass is 16.8. The van der Waals surface area contributed by atoms with Crippen LogP contribution in [0.5, 0.6) is 28.7 Å². The summed E-state index contributed by atoms with van der Waals surface area (Å²) >= 11 is 0. The molecule has 2 fully saturated rings. The van der Waals surface area contributed by atoms with Crippen LogP contribution in [0.3, 0.4) is 0 Å². The van der Waals surface area contributed by atoms with Gasteiger partial charge in [0.25, 0.3) is 0 Å². The minimum Gasteiger partial charge on any atom is -0.507 e. The van der Waals surface area contributed by atoms with E-state index in [1.807, 2.05) is 0 Å². The first kappa shape index (κ1) is 31.1. The van der Waals surface area contributed by atoms with Gasteiger partial charge in [0.05, 0.1) is 20.1 Å². The monoisotopic (exact) mass is 612 g/mol. The molecule has 0 aliphatic carbocycles. The summed E-state index contributed by atoms with van der Waals surface area (Å²) in [6.07, 6.45) is -18.3. The van der Waals surface area contributed by atoms with Crippen LogP contribution in [0.25, 0.3) is 0 Å². The number of aliphatic hydroxyl groups excluding tert-OH is 7. The molecule has 3 heterocycles. The molecule has 236 valence electrons. The van der Waals surface area contributed by atoms with E-state index in [0.717, 1.165) is 6.07 Å². The van der Waals surface area contributed by atoms with E-state index in [9.17, 15) is 50.8 Å². The number of Topliss-reactive ketones (excluding diaryl/α,β-unsaturated/α-hetero) is 1. The van der Waals surface area contributed by atoms with Crippen molar-refractivity contribution in [2.45, 2.75) is 74.1 Å². The molecule has 2 aromatic carbocycles. The van der Waals surface area contributed by atoms with Crippen LogP contribution in [0.2, 0.25) is 0 Å². The molecular formula is C27H32O16. The minimum atomic E-state index is -1.88. The van der Waals surface area contributed by atoms with Crippen LogP contribution in [-0.2, 0) is 14.2 Å². The molecule has 5 rings (SSSR count). The maximum atomic E-state index is 12.9. The first-order valence-electron chi connectivity index (χ1n) is 13.2. The number of carbonyl (C=O) groups excluding carboxylic acids is 1. The highest BCUT2D eigenvalue weighted by Gasteiger charge is 2.48. The first-order valence-corrected chi connectivity index (χ1v) is 13.2. The Morgan fingerprint density at radius 1 is 0.814 bits per heavy atom. The van der Waals surface area contributed by atoms with Crippen molar-refractivity contribution >= 4 is 5.78 Å². The van der Waals surface area contributed by atoms with Crippen molar-refractivity contribution < 1.29 is 79.2 Å². The van der Waals surface area contributed by atoms with Gasteiger partial charge < -0.3 is 74.4 Å². The van der Waals surface area contributed by atoms with Gasteiger partial charge in [-0.2, -0.15) is 0 Å². The Hall–Kier alpha value is -3.29. The van der Waals surface area contributed by atoms with Gasteiger partial charge in [0.1, 0.15) is 71.6 Å². The molecule has 0 bridgehead atoms. The van der Waals surface area contributed by atoms with Crippen molar-refractivity contribution in [1.29, 1.82) is 0 Å². The van der Waals surface area contributed by atoms with Crippen LogP contribution in [-0.4, -0.2) is 127 Å². The number of carbonyl (C=O) groups is 1. The number of fused-ring (bicyclic) bond motifs is 1. The van der Waals surface area contributed by atoms with Crippen molar-refractivity contribution in [3.63, 3.8) is 0 Å². The zero-order valence-corrected chi connectivity index (χ0v) is 22.5. The zero-order valence-electron chi connectivity index (χ0n) is 22.5. The lowest BCUT2D eigenvalue weighted by Gasteiger charge is -2.42. The summed E-state index contributed by atoms with van der Waals surface area (Å²) in [5.41, 5.74) is 0.337. The molecule has 0 amide bonds. The number of aliphatic hydroxyl groups is 7. The van der Waals surface area contributed by atoms with Crippen LogP contribution in [0.15, 0.2) is 30.3 Å². The van der Waals surface area contributed by atoms with Gasteiger partial charge in [-0.25, -0.2) is 0 Å². The quantitative estimate of drug-likeness (QED) is 0.160. The molecule has 11 atom stereocenters. The highest BCUT2D eigenvalue weighted by molar-refractivity contribution is 6.02. The van der Waals surface area contributed by atoms with E-state index < -0.39 is 85.8 Å². The van der Waals surface area contributed by atoms with Crippen LogP contribution in [0, 0.1) is 0 Å². The first-order chi connectivity index (χ1) is 20.4. The third kappa shape index (κ3) is 6.07. The van der Waals surface area contributed by atoms with Crippen LogP contribution >= 0.6 is 0 Å². The van der Waals surface area contributed by atoms with E-state index in [2.05, 4.69) is 0 Å². The Morgan fingerprint density at radius 3 is 2.21 bits per heavy atom. The number of ether oxygens (including phenoxy) is 6. The molecule has 3 aliphatic heterocycles. The Balaban J connectivity index is 1.30. The average molecular weight is 613 g/mol. The van der Waals surface area contributed by atoms with Gasteiger partial charge in [-0.1, -0.05) is 6.07 Å². The number of rotatable bonds is 7. The summed E-state index contributed by atoms with van der Waals surface area (Å²) in [5, 5.41) is 91.3. The van der Waals surface area contributed by atoms with Crippen LogP contribution in [0.4, 0.5) is 0 Å². The van der Waals surface area contributed by atoms with Gasteiger partial charge in [-0.3, -0.25) is 4.79 Å². The fourth-order valence-electron chi connectivity index (χ4n) is 5.02. The third-order valence-corrected chi connectivity index (χ3v) is 7.44. The van der Waals surface area contributed by atoms with E-state index in [1.54, 1.807) is 6.07 Å². The van der Waals surface area contributed by atoms with Crippen LogP contribution < -0.4 is 14.2 Å². The minimum absolute atomic E-state index is 0.0694. The molecule has 0 saturated carbocycles. The standard InChI is InChI=1S/C27H32O16/c1-38-14-3-2-9(4-11(14)28)15-7-13(30)18-12(29)5-10(6-16(18)41-15)40-27-24(36)20(32)19(31)17(42-27)8-39-26-23(35)21(33)22(34)25(37)43-26/h2-6,15,17,19-29,31-37H,7-8H2,1H3. The van der Waals surface area contributed by atoms with E-state index in [1.165, 1.54) is 25.3 Å². The summed E-state index contributed by atoms with van der Waals surface area (Å²) < 4.78 is 32.4. The summed E-state index contributed by atoms with van der Waals surface area (Å²) in [6.45, 7) is -0.606. The smallest absolute Gasteiger partial charge is 0.229 e. The summed E-state index contributed by atoms with van der Waals surface area (Å²) in [6, 6.07) is 6.80. The topological polar surface area (TPSA) is 255 Å². The second-order valence-corrected chi connectivity index (χ2v) is 10.3. The van der Waals surface area contributed by atoms with Crippen LogP contribution in [0.1, 0.15) is 28.4 Å². The molecule has 16 heteroatoms. The Labute approximate surface area is 243 Å². The van der Waals surface area contributed by atoms with E-state index >= 15 is 0 Å². The molecule has 16 nitrogen and oxygen atoms in total. The molecule has 3 aliphatic rings. The molecule has 0 spiro atoms. The molecule has 0 aromatic heterocycles. The molecule has 43 heavy (non-hydrogen) atoms. The summed E-state index contributed by atoms with van der Waals surface area (Å²) in [7, 11) is 1.38. The van der Waals surface area contributed by atoms with Gasteiger partial charge in [0.15, 0.2) is 29.9 Å². The number of methoxy groups -OCH3 is 1. The largest absolute Gasteiger partial charge is 0.507 e. The SMILES string of the molecule is COc1ccc(C2CC(=O)c3c(O)cc(OC4OC(COC5OC(O)C(O)C(O)C5O)C(O)C(O)C4O)cc3O2)cc1O. The zero-order chi connectivity index (χ0) is 31.2. The van der Waals surface area contributed by atoms with E-state index in [4.69, 9.17) is 28.4 Å². The molecular weight excluding hydrogens is 580 g/mol. The molecule has 9 N–H and O–H groups in total. The van der Waals surface area contributed by atoms with Crippen molar-refractivity contribution in [2.24, 2.45) is 0 Å². The van der Waals surface area contributed by atoms with Gasteiger partial charge in [0.2, 0.25) is 6.29 Å². The van der Waals surface area contributed by atoms with E-state index in [-0.39, 0.29) is 35.0 Å². The lowest BCUT2D eigenvalue weighted by atomic mass is 9.95. The Kier molecular flexibility index (Phi) is 8.96. The number of ketones is 1. The number of hydrogen-bond donors (Lipinski definition) is 9. The number of benzene rings is 2. The van der Waals surface area contributed by atoms with Gasteiger partial charge in [0, 0.05) is 12.1 Å². The van der Waals surface area contributed by atoms with E-state index in [0.29, 0.717) is 5.56 Å². The van der Waals surface area contributed by atoms with Crippen molar-refractivity contribution in [1.82, 2.24) is 0 Å². The lowest BCUT2D eigenvalue weighted by Crippen LogP contribution is -2.61. The maximum absolute atomic E-state index is 12.9. The number of phenols is 2. The molecule has 2 saturated heterocycles. The molecule has 2 aromatic rings. The van der Waals surface area contributed by atoms with Crippen molar-refractivity contribution in [2.75, 3.05) is 13.7 Å². The predicted octanol–water partition coefficient (Wildman–Crippen LogP) is -2.23. The second-order valence-electron chi connectivity index (χ2n) is 10.3. The number of aromatic hydroxyl groups is 2. The van der Waals surface area contributed by atoms with Crippen molar-refractivity contribution in [3.05, 3.63) is 41.5 Å². The molecule has 0 radical (unpaired) electrons. The molecule has 11 unspecified atom stereocenters. The fourth-order valence-corrected chi connectivity index (χ4v) is 5.02. The van der Waals surface area contributed by atoms with Crippen molar-refractivity contribution in [3.8, 4) is 28.7 Å². The highest BCUT2D eigenvalue weighted by Crippen LogP contribution is 2.43. The predicted molar refractivity (Wildman–Crippen MR) is 137 cm³/mol. The Bertz CT molecular complexity index is 1320. The summed E-state index contributed by atoms with van der Waals surface area (Å²) in [5.74, 6) is -1.12. The van der Waals surface area contributed by atoms with Gasteiger partial charge in [-0.15, -0.1) is 0 Å². The number of hydrogen-bond acceptors (Lipinski definition) is 16. The normalized spacial score (nSPS) is 36.0. The maximum Gasteiger partial charge on any atom is 0.229 e. The fraction of sp³-hybridized carbons (Fsp3) is 0.519. The second kappa shape index (κ2) is 12.4. The summed E-state index contributed by atoms with van der Waals surface area (Å²) in [4.78, 5) is 12.9. The number of phenolic OH excluding ortho intramolecular Hbond substituents is 2. The van der Waals surface area contributed by atoms with Gasteiger partial charge in [-0.05, 0) is 17.7 Å². The average Bonchev–Trinajstić information content (AvgIpc) is 2.97. The Morgan fingerprint density at radius 2 is 1.51 bits per heavy atom.